The van der Waals surface area contributed by atoms with Gasteiger partial charge >= 0.3 is 7.94 Å². The SMILES string of the molecule is CCCCCCCCCO[P+](Oc1ccccc1)(Oc1ccccc1)c1ccccc1. The van der Waals surface area contributed by atoms with Crippen LogP contribution in [0.15, 0.2) is 91.0 Å². The number of para-hydroxylation sites is 2. The van der Waals surface area contributed by atoms with E-state index in [1.54, 1.807) is 0 Å². The summed E-state index contributed by atoms with van der Waals surface area (Å²) >= 11 is 0. The summed E-state index contributed by atoms with van der Waals surface area (Å²) in [6.45, 7) is 2.86. The first kappa shape index (κ1) is 23.3. The highest BCUT2D eigenvalue weighted by Gasteiger charge is 2.51. The molecule has 0 radical (unpaired) electrons. The molecule has 31 heavy (non-hydrogen) atoms. The molecule has 0 saturated heterocycles. The molecule has 3 aromatic carbocycles. The topological polar surface area (TPSA) is 27.7 Å². The Labute approximate surface area is 188 Å². The second-order valence-electron chi connectivity index (χ2n) is 7.60. The summed E-state index contributed by atoms with van der Waals surface area (Å²) in [6.07, 6.45) is 8.64. The molecule has 3 aromatic rings. The summed E-state index contributed by atoms with van der Waals surface area (Å²) in [4.78, 5) is 0. The minimum absolute atomic E-state index is 0.607. The molecule has 0 spiro atoms. The van der Waals surface area contributed by atoms with E-state index >= 15 is 0 Å². The fourth-order valence-electron chi connectivity index (χ4n) is 3.35. The van der Waals surface area contributed by atoms with Crippen molar-refractivity contribution in [2.24, 2.45) is 0 Å². The van der Waals surface area contributed by atoms with Crippen LogP contribution in [0.3, 0.4) is 0 Å². The molecule has 0 amide bonds. The molecule has 0 aliphatic carbocycles. The van der Waals surface area contributed by atoms with Gasteiger partial charge in [0.1, 0.15) is 0 Å². The smallest absolute Gasteiger partial charge is 0.274 e. The van der Waals surface area contributed by atoms with Gasteiger partial charge in [0.25, 0.3) is 0 Å². The monoisotopic (exact) mass is 437 g/mol. The van der Waals surface area contributed by atoms with E-state index in [1.165, 1.54) is 32.1 Å². The van der Waals surface area contributed by atoms with Crippen LogP contribution in [0.2, 0.25) is 0 Å². The van der Waals surface area contributed by atoms with Crippen LogP contribution >= 0.6 is 7.94 Å². The third kappa shape index (κ3) is 7.69. The van der Waals surface area contributed by atoms with Gasteiger partial charge in [-0.15, -0.1) is 0 Å². The molecular formula is C27H34O3P+. The summed E-state index contributed by atoms with van der Waals surface area (Å²) in [5.41, 5.74) is 0. The highest BCUT2D eigenvalue weighted by molar-refractivity contribution is 7.70. The molecule has 0 aliphatic rings. The summed E-state index contributed by atoms with van der Waals surface area (Å²) in [5, 5.41) is 0.936. The molecule has 3 nitrogen and oxygen atoms in total. The minimum Gasteiger partial charge on any atom is -0.274 e. The zero-order valence-corrected chi connectivity index (χ0v) is 19.4. The van der Waals surface area contributed by atoms with Crippen molar-refractivity contribution >= 4 is 13.2 Å². The number of benzene rings is 3. The Hall–Kier alpha value is -2.35. The Bertz CT molecular complexity index is 799. The average molecular weight is 438 g/mol. The van der Waals surface area contributed by atoms with Gasteiger partial charge < -0.3 is 0 Å². The summed E-state index contributed by atoms with van der Waals surface area (Å²) < 4.78 is 19.6. The van der Waals surface area contributed by atoms with Crippen molar-refractivity contribution in [2.45, 2.75) is 51.9 Å². The third-order valence-corrected chi connectivity index (χ3v) is 7.37. The van der Waals surface area contributed by atoms with Crippen LogP contribution in [-0.4, -0.2) is 6.61 Å². The standard InChI is InChI=1S/C27H34O3P/c1-2-3-4-5-6-7-17-24-28-31(27-22-15-10-16-23-27,29-25-18-11-8-12-19-25)30-26-20-13-9-14-21-26/h8-16,18-23H,2-7,17,24H2,1H3/q+1. The van der Waals surface area contributed by atoms with Crippen molar-refractivity contribution in [3.63, 3.8) is 0 Å². The first-order chi connectivity index (χ1) is 15.3. The number of hydrogen-bond acceptors (Lipinski definition) is 3. The second-order valence-corrected chi connectivity index (χ2v) is 9.73. The van der Waals surface area contributed by atoms with E-state index in [4.69, 9.17) is 13.6 Å². The van der Waals surface area contributed by atoms with Crippen LogP contribution in [0, 0.1) is 0 Å². The number of unbranched alkanes of at least 4 members (excludes halogenated alkanes) is 6. The molecule has 0 aromatic heterocycles. The van der Waals surface area contributed by atoms with Gasteiger partial charge in [-0.25, -0.2) is 0 Å². The van der Waals surface area contributed by atoms with Crippen molar-refractivity contribution in [3.8, 4) is 11.5 Å². The van der Waals surface area contributed by atoms with Crippen molar-refractivity contribution in [1.29, 1.82) is 0 Å². The Kier molecular flexibility index (Phi) is 9.89. The molecule has 3 rings (SSSR count). The van der Waals surface area contributed by atoms with Gasteiger partial charge in [-0.1, -0.05) is 100 Å². The zero-order chi connectivity index (χ0) is 21.6. The average Bonchev–Trinajstić information content (AvgIpc) is 2.82. The lowest BCUT2D eigenvalue weighted by Crippen LogP contribution is -2.24. The molecule has 0 atom stereocenters. The molecule has 0 unspecified atom stereocenters. The summed E-state index contributed by atoms with van der Waals surface area (Å²) in [7, 11) is -2.86. The Balaban J connectivity index is 1.76. The van der Waals surface area contributed by atoms with E-state index in [0.29, 0.717) is 6.61 Å². The predicted molar refractivity (Wildman–Crippen MR) is 131 cm³/mol. The molecular weight excluding hydrogens is 403 g/mol. The highest BCUT2D eigenvalue weighted by atomic mass is 31.2. The van der Waals surface area contributed by atoms with Crippen LogP contribution in [0.4, 0.5) is 0 Å². The lowest BCUT2D eigenvalue weighted by atomic mass is 10.1. The zero-order valence-electron chi connectivity index (χ0n) is 18.5. The van der Waals surface area contributed by atoms with E-state index in [0.717, 1.165) is 29.6 Å². The lowest BCUT2D eigenvalue weighted by molar-refractivity contribution is 0.245. The Morgan fingerprint density at radius 1 is 0.548 bits per heavy atom. The van der Waals surface area contributed by atoms with Crippen LogP contribution in [-0.2, 0) is 4.52 Å². The molecule has 0 saturated carbocycles. The third-order valence-electron chi connectivity index (χ3n) is 5.02. The first-order valence-corrected chi connectivity index (χ1v) is 13.0. The molecule has 0 fully saturated rings. The fourth-order valence-corrected chi connectivity index (χ4v) is 5.55. The predicted octanol–water partition coefficient (Wildman–Crippen LogP) is 8.00. The second kappa shape index (κ2) is 13.1. The van der Waals surface area contributed by atoms with Crippen LogP contribution in [0.25, 0.3) is 0 Å². The van der Waals surface area contributed by atoms with Gasteiger partial charge in [-0.3, -0.25) is 9.05 Å². The van der Waals surface area contributed by atoms with E-state index in [-0.39, 0.29) is 0 Å². The van der Waals surface area contributed by atoms with Crippen molar-refractivity contribution in [1.82, 2.24) is 0 Å². The van der Waals surface area contributed by atoms with Gasteiger partial charge in [-0.05, 0) is 42.8 Å². The Morgan fingerprint density at radius 2 is 1.00 bits per heavy atom. The molecule has 0 aliphatic heterocycles. The number of hydrogen-bond donors (Lipinski definition) is 0. The molecule has 4 heteroatoms. The lowest BCUT2D eigenvalue weighted by Gasteiger charge is -2.22. The van der Waals surface area contributed by atoms with Crippen LogP contribution < -0.4 is 14.4 Å². The van der Waals surface area contributed by atoms with Gasteiger partial charge in [0.05, 0.1) is 6.61 Å². The van der Waals surface area contributed by atoms with Crippen molar-refractivity contribution in [2.75, 3.05) is 6.61 Å². The summed E-state index contributed by atoms with van der Waals surface area (Å²) in [5.74, 6) is 1.49. The molecule has 0 N–H and O–H groups in total. The maximum Gasteiger partial charge on any atom is 0.535 e. The van der Waals surface area contributed by atoms with E-state index in [9.17, 15) is 0 Å². The summed E-state index contributed by atoms with van der Waals surface area (Å²) in [6, 6.07) is 29.7. The van der Waals surface area contributed by atoms with Gasteiger partial charge in [-0.2, -0.15) is 4.52 Å². The van der Waals surface area contributed by atoms with E-state index in [2.05, 4.69) is 6.92 Å². The van der Waals surface area contributed by atoms with Crippen molar-refractivity contribution < 1.29 is 13.6 Å². The molecule has 0 heterocycles. The van der Waals surface area contributed by atoms with E-state index in [1.807, 2.05) is 91.0 Å². The Morgan fingerprint density at radius 3 is 1.52 bits per heavy atom. The highest BCUT2D eigenvalue weighted by Crippen LogP contribution is 2.60. The van der Waals surface area contributed by atoms with Gasteiger partial charge in [0.2, 0.25) is 5.30 Å². The molecule has 164 valence electrons. The first-order valence-electron chi connectivity index (χ1n) is 11.4. The van der Waals surface area contributed by atoms with Gasteiger partial charge in [0, 0.05) is 0 Å². The normalized spacial score (nSPS) is 11.3. The quantitative estimate of drug-likeness (QED) is 0.189. The largest absolute Gasteiger partial charge is 0.535 e. The minimum atomic E-state index is -2.86. The van der Waals surface area contributed by atoms with E-state index < -0.39 is 7.94 Å². The van der Waals surface area contributed by atoms with Crippen molar-refractivity contribution in [3.05, 3.63) is 91.0 Å². The van der Waals surface area contributed by atoms with Crippen LogP contribution in [0.1, 0.15) is 51.9 Å². The molecule has 0 bridgehead atoms. The fraction of sp³-hybridized carbons (Fsp3) is 0.333. The van der Waals surface area contributed by atoms with Gasteiger partial charge in [0.15, 0.2) is 11.5 Å². The van der Waals surface area contributed by atoms with Crippen LogP contribution in [0.5, 0.6) is 11.5 Å². The number of rotatable bonds is 14. The maximum absolute atomic E-state index is 6.52. The maximum atomic E-state index is 6.52.